The molecule has 0 spiro atoms. The third-order valence-electron chi connectivity index (χ3n) is 4.24. The zero-order chi connectivity index (χ0) is 15.1. The lowest BCUT2D eigenvalue weighted by Gasteiger charge is -2.37. The first-order valence-corrected chi connectivity index (χ1v) is 7.77. The average molecular weight is 290 g/mol. The molecule has 1 amide bonds. The van der Waals surface area contributed by atoms with Crippen molar-refractivity contribution in [3.63, 3.8) is 0 Å². The molecular formula is C17H26N2O2. The molecule has 1 aliphatic rings. The van der Waals surface area contributed by atoms with E-state index in [0.717, 1.165) is 31.2 Å². The number of ether oxygens (including phenoxy) is 1. The summed E-state index contributed by atoms with van der Waals surface area (Å²) in [5.41, 5.74) is 6.84. The van der Waals surface area contributed by atoms with Gasteiger partial charge in [-0.25, -0.2) is 0 Å². The maximum absolute atomic E-state index is 12.9. The molecule has 4 nitrogen and oxygen atoms in total. The third kappa shape index (κ3) is 4.29. The summed E-state index contributed by atoms with van der Waals surface area (Å²) in [7, 11) is 1.66. The van der Waals surface area contributed by atoms with Crippen LogP contribution >= 0.6 is 0 Å². The fraction of sp³-hybridized carbons (Fsp3) is 0.588. The van der Waals surface area contributed by atoms with Crippen LogP contribution in [0.4, 0.5) is 0 Å². The SMILES string of the molecule is COCCN(Cc1ccccc1)C(=O)C1(N)CCCCC1. The first-order chi connectivity index (χ1) is 10.2. The van der Waals surface area contributed by atoms with Gasteiger partial charge >= 0.3 is 0 Å². The van der Waals surface area contributed by atoms with Gasteiger partial charge in [0, 0.05) is 20.2 Å². The first kappa shape index (κ1) is 16.0. The lowest BCUT2D eigenvalue weighted by molar-refractivity contribution is -0.139. The molecule has 1 aliphatic carbocycles. The van der Waals surface area contributed by atoms with E-state index in [-0.39, 0.29) is 5.91 Å². The van der Waals surface area contributed by atoms with Gasteiger partial charge in [-0.05, 0) is 18.4 Å². The summed E-state index contributed by atoms with van der Waals surface area (Å²) in [5, 5.41) is 0. The quantitative estimate of drug-likeness (QED) is 0.875. The van der Waals surface area contributed by atoms with E-state index < -0.39 is 5.54 Å². The van der Waals surface area contributed by atoms with Crippen molar-refractivity contribution in [2.45, 2.75) is 44.2 Å². The molecule has 1 aromatic rings. The van der Waals surface area contributed by atoms with Gasteiger partial charge in [-0.1, -0.05) is 49.6 Å². The molecule has 1 aromatic carbocycles. The smallest absolute Gasteiger partial charge is 0.243 e. The zero-order valence-electron chi connectivity index (χ0n) is 12.9. The third-order valence-corrected chi connectivity index (χ3v) is 4.24. The molecule has 0 radical (unpaired) electrons. The topological polar surface area (TPSA) is 55.6 Å². The highest BCUT2D eigenvalue weighted by molar-refractivity contribution is 5.86. The molecule has 2 N–H and O–H groups in total. The summed E-state index contributed by atoms with van der Waals surface area (Å²) < 4.78 is 5.15. The Morgan fingerprint density at radius 3 is 2.52 bits per heavy atom. The van der Waals surface area contributed by atoms with Crippen LogP contribution in [-0.4, -0.2) is 36.6 Å². The fourth-order valence-electron chi connectivity index (χ4n) is 2.97. The number of nitrogens with zero attached hydrogens (tertiary/aromatic N) is 1. The minimum atomic E-state index is -0.680. The summed E-state index contributed by atoms with van der Waals surface area (Å²) in [4.78, 5) is 14.7. The maximum Gasteiger partial charge on any atom is 0.243 e. The van der Waals surface area contributed by atoms with Crippen molar-refractivity contribution in [1.82, 2.24) is 4.90 Å². The van der Waals surface area contributed by atoms with Gasteiger partial charge < -0.3 is 15.4 Å². The average Bonchev–Trinajstić information content (AvgIpc) is 2.52. The summed E-state index contributed by atoms with van der Waals surface area (Å²) in [5.74, 6) is 0.0723. The van der Waals surface area contributed by atoms with Crippen LogP contribution in [0.25, 0.3) is 0 Å². The van der Waals surface area contributed by atoms with Crippen molar-refractivity contribution in [2.24, 2.45) is 5.73 Å². The van der Waals surface area contributed by atoms with Crippen LogP contribution in [0.1, 0.15) is 37.7 Å². The number of carbonyl (C=O) groups is 1. The summed E-state index contributed by atoms with van der Waals surface area (Å²) in [6.45, 7) is 1.72. The van der Waals surface area contributed by atoms with Crippen LogP contribution in [0.15, 0.2) is 30.3 Å². The van der Waals surface area contributed by atoms with Crippen molar-refractivity contribution in [3.05, 3.63) is 35.9 Å². The molecule has 0 bridgehead atoms. The monoisotopic (exact) mass is 290 g/mol. The summed E-state index contributed by atoms with van der Waals surface area (Å²) in [6, 6.07) is 10.0. The van der Waals surface area contributed by atoms with Gasteiger partial charge in [0.1, 0.15) is 0 Å². The van der Waals surface area contributed by atoms with Crippen molar-refractivity contribution in [2.75, 3.05) is 20.3 Å². The minimum absolute atomic E-state index is 0.0723. The van der Waals surface area contributed by atoms with Crippen LogP contribution in [0.2, 0.25) is 0 Å². The van der Waals surface area contributed by atoms with Gasteiger partial charge in [0.25, 0.3) is 0 Å². The Labute approximate surface area is 127 Å². The number of benzene rings is 1. The second kappa shape index (κ2) is 7.57. The molecule has 0 unspecified atom stereocenters. The molecule has 0 aliphatic heterocycles. The lowest BCUT2D eigenvalue weighted by Crippen LogP contribution is -2.56. The van der Waals surface area contributed by atoms with E-state index in [4.69, 9.17) is 10.5 Å². The van der Waals surface area contributed by atoms with E-state index in [9.17, 15) is 4.79 Å². The highest BCUT2D eigenvalue weighted by Crippen LogP contribution is 2.28. The number of hydrogen-bond acceptors (Lipinski definition) is 3. The molecule has 4 heteroatoms. The highest BCUT2D eigenvalue weighted by Gasteiger charge is 2.38. The summed E-state index contributed by atoms with van der Waals surface area (Å²) >= 11 is 0. The Bertz CT molecular complexity index is 441. The Balaban J connectivity index is 2.09. The van der Waals surface area contributed by atoms with Crippen LogP contribution < -0.4 is 5.73 Å². The second-order valence-corrected chi connectivity index (χ2v) is 5.92. The van der Waals surface area contributed by atoms with Crippen molar-refractivity contribution in [3.8, 4) is 0 Å². The standard InChI is InChI=1S/C17H26N2O2/c1-21-13-12-19(14-15-8-4-2-5-9-15)16(20)17(18)10-6-3-7-11-17/h2,4-5,8-9H,3,6-7,10-14,18H2,1H3. The molecule has 1 fully saturated rings. The highest BCUT2D eigenvalue weighted by atomic mass is 16.5. The van der Waals surface area contributed by atoms with E-state index in [0.29, 0.717) is 19.7 Å². The Kier molecular flexibility index (Phi) is 5.76. The Morgan fingerprint density at radius 2 is 1.90 bits per heavy atom. The van der Waals surface area contributed by atoms with Crippen molar-refractivity contribution in [1.29, 1.82) is 0 Å². The molecule has 2 rings (SSSR count). The maximum atomic E-state index is 12.9. The number of amides is 1. The van der Waals surface area contributed by atoms with E-state index >= 15 is 0 Å². The molecule has 0 heterocycles. The van der Waals surface area contributed by atoms with Crippen LogP contribution in [0.3, 0.4) is 0 Å². The zero-order valence-corrected chi connectivity index (χ0v) is 12.9. The number of nitrogens with two attached hydrogens (primary N) is 1. The van der Waals surface area contributed by atoms with Crippen molar-refractivity contribution < 1.29 is 9.53 Å². The predicted molar refractivity (Wildman–Crippen MR) is 83.7 cm³/mol. The van der Waals surface area contributed by atoms with Gasteiger partial charge in [0.2, 0.25) is 5.91 Å². The largest absolute Gasteiger partial charge is 0.383 e. The second-order valence-electron chi connectivity index (χ2n) is 5.92. The van der Waals surface area contributed by atoms with E-state index in [2.05, 4.69) is 0 Å². The molecule has 21 heavy (non-hydrogen) atoms. The first-order valence-electron chi connectivity index (χ1n) is 7.77. The molecular weight excluding hydrogens is 264 g/mol. The molecule has 0 saturated heterocycles. The number of rotatable bonds is 6. The van der Waals surface area contributed by atoms with Gasteiger partial charge in [-0.15, -0.1) is 0 Å². The van der Waals surface area contributed by atoms with E-state index in [1.54, 1.807) is 7.11 Å². The van der Waals surface area contributed by atoms with Crippen LogP contribution in [0, 0.1) is 0 Å². The van der Waals surface area contributed by atoms with Gasteiger partial charge in [-0.2, -0.15) is 0 Å². The minimum Gasteiger partial charge on any atom is -0.383 e. The van der Waals surface area contributed by atoms with Crippen molar-refractivity contribution >= 4 is 5.91 Å². The summed E-state index contributed by atoms with van der Waals surface area (Å²) in [6.07, 6.45) is 4.87. The lowest BCUT2D eigenvalue weighted by atomic mass is 9.81. The van der Waals surface area contributed by atoms with Gasteiger partial charge in [0.15, 0.2) is 0 Å². The van der Waals surface area contributed by atoms with Crippen LogP contribution in [0.5, 0.6) is 0 Å². The van der Waals surface area contributed by atoms with Gasteiger partial charge in [-0.3, -0.25) is 4.79 Å². The van der Waals surface area contributed by atoms with Gasteiger partial charge in [0.05, 0.1) is 12.1 Å². The molecule has 0 aromatic heterocycles. The molecule has 116 valence electrons. The fourth-order valence-corrected chi connectivity index (χ4v) is 2.97. The molecule has 0 atom stereocenters. The number of methoxy groups -OCH3 is 1. The van der Waals surface area contributed by atoms with E-state index in [1.165, 1.54) is 6.42 Å². The van der Waals surface area contributed by atoms with Crippen LogP contribution in [-0.2, 0) is 16.1 Å². The Hall–Kier alpha value is -1.39. The van der Waals surface area contributed by atoms with E-state index in [1.807, 2.05) is 35.2 Å². The number of hydrogen-bond donors (Lipinski definition) is 1. The normalized spacial score (nSPS) is 17.4. The molecule has 1 saturated carbocycles. The number of carbonyl (C=O) groups excluding carboxylic acids is 1. The predicted octanol–water partition coefficient (Wildman–Crippen LogP) is 2.32. The Morgan fingerprint density at radius 1 is 1.24 bits per heavy atom.